The summed E-state index contributed by atoms with van der Waals surface area (Å²) >= 11 is 3.24. The average Bonchev–Trinajstić information content (AvgIpc) is 3.44. The van der Waals surface area contributed by atoms with Crippen molar-refractivity contribution in [2.75, 3.05) is 12.4 Å². The number of carbonyl (C=O) groups is 1. The van der Waals surface area contributed by atoms with E-state index >= 15 is 0 Å². The number of nitrogens with zero attached hydrogens (tertiary/aromatic N) is 4. The molecule has 2 aromatic heterocycles. The van der Waals surface area contributed by atoms with Crippen molar-refractivity contribution < 1.29 is 4.79 Å². The minimum Gasteiger partial charge on any atom is -0.300 e. The molecule has 0 saturated heterocycles. The number of pyridine rings is 1. The van der Waals surface area contributed by atoms with Crippen LogP contribution in [0.4, 0.5) is 5.13 Å². The summed E-state index contributed by atoms with van der Waals surface area (Å²) in [5, 5.41) is 21.7. The molecular weight excluding hydrogens is 394 g/mol. The van der Waals surface area contributed by atoms with E-state index in [0.717, 1.165) is 30.0 Å². The Morgan fingerprint density at radius 1 is 1.32 bits per heavy atom. The van der Waals surface area contributed by atoms with Crippen LogP contribution in [0.1, 0.15) is 42.3 Å². The molecule has 0 radical (unpaired) electrons. The van der Waals surface area contributed by atoms with Crippen LogP contribution in [0.2, 0.25) is 0 Å². The Bertz CT molecular complexity index is 841. The van der Waals surface area contributed by atoms with Gasteiger partial charge >= 0.3 is 0 Å². The van der Waals surface area contributed by atoms with Gasteiger partial charge in [0.15, 0.2) is 0 Å². The van der Waals surface area contributed by atoms with Crippen molar-refractivity contribution in [1.29, 1.82) is 0 Å². The minimum absolute atomic E-state index is 0.117. The molecule has 10 heteroatoms. The Morgan fingerprint density at radius 2 is 2.25 bits per heavy atom. The first kappa shape index (κ1) is 19.3. The SMILES string of the molecule is CNC1NN=C(CC2CCC(c3nnc(NC(=O)Cc4ccccn4)s3)C2)S1. The van der Waals surface area contributed by atoms with Gasteiger partial charge in [-0.05, 0) is 44.4 Å². The lowest BCUT2D eigenvalue weighted by Gasteiger charge is -2.09. The van der Waals surface area contributed by atoms with Gasteiger partial charge in [0.1, 0.15) is 10.5 Å². The molecule has 4 rings (SSSR count). The van der Waals surface area contributed by atoms with Gasteiger partial charge in [-0.2, -0.15) is 5.10 Å². The molecule has 148 valence electrons. The number of nitrogens with one attached hydrogen (secondary N) is 3. The third kappa shape index (κ3) is 4.86. The molecule has 3 unspecified atom stereocenters. The Balaban J connectivity index is 1.27. The maximum Gasteiger partial charge on any atom is 0.232 e. The Hall–Kier alpha value is -2.04. The summed E-state index contributed by atoms with van der Waals surface area (Å²) in [7, 11) is 1.93. The zero-order chi connectivity index (χ0) is 19.3. The summed E-state index contributed by atoms with van der Waals surface area (Å²) in [5.74, 6) is 0.928. The number of hydrazone groups is 1. The van der Waals surface area contributed by atoms with Crippen LogP contribution >= 0.6 is 23.1 Å². The van der Waals surface area contributed by atoms with Crippen LogP contribution < -0.4 is 16.1 Å². The van der Waals surface area contributed by atoms with Gasteiger partial charge in [0.25, 0.3) is 0 Å². The zero-order valence-electron chi connectivity index (χ0n) is 15.6. The van der Waals surface area contributed by atoms with E-state index < -0.39 is 0 Å². The molecule has 2 aromatic rings. The molecule has 1 aliphatic heterocycles. The Morgan fingerprint density at radius 3 is 3.04 bits per heavy atom. The van der Waals surface area contributed by atoms with Crippen molar-refractivity contribution in [3.05, 3.63) is 35.1 Å². The largest absolute Gasteiger partial charge is 0.300 e. The van der Waals surface area contributed by atoms with Crippen molar-refractivity contribution >= 4 is 39.2 Å². The van der Waals surface area contributed by atoms with Crippen LogP contribution in [-0.4, -0.2) is 38.7 Å². The molecule has 1 fully saturated rings. The summed E-state index contributed by atoms with van der Waals surface area (Å²) in [6.45, 7) is 0. The molecule has 1 amide bonds. The fourth-order valence-electron chi connectivity index (χ4n) is 3.55. The summed E-state index contributed by atoms with van der Waals surface area (Å²) in [4.78, 5) is 16.3. The normalized spacial score (nSPS) is 24.0. The summed E-state index contributed by atoms with van der Waals surface area (Å²) in [5.41, 5.74) is 4.02. The number of hydrogen-bond acceptors (Lipinski definition) is 9. The first-order chi connectivity index (χ1) is 13.7. The molecule has 28 heavy (non-hydrogen) atoms. The Kier molecular flexibility index (Phi) is 6.18. The third-order valence-corrected chi connectivity index (χ3v) is 7.04. The van der Waals surface area contributed by atoms with Crippen LogP contribution in [0.15, 0.2) is 29.5 Å². The van der Waals surface area contributed by atoms with Gasteiger partial charge in [-0.3, -0.25) is 20.5 Å². The molecule has 3 N–H and O–H groups in total. The van der Waals surface area contributed by atoms with Crippen LogP contribution in [0.3, 0.4) is 0 Å². The third-order valence-electron chi connectivity index (χ3n) is 4.93. The second-order valence-corrected chi connectivity index (χ2v) is 9.18. The lowest BCUT2D eigenvalue weighted by atomic mass is 10.0. The van der Waals surface area contributed by atoms with Crippen LogP contribution in [0.25, 0.3) is 0 Å². The fraction of sp³-hybridized carbons (Fsp3) is 0.500. The number of aromatic nitrogens is 3. The highest BCUT2D eigenvalue weighted by molar-refractivity contribution is 8.14. The van der Waals surface area contributed by atoms with Crippen LogP contribution in [0.5, 0.6) is 0 Å². The smallest absolute Gasteiger partial charge is 0.232 e. The summed E-state index contributed by atoms with van der Waals surface area (Å²) < 4.78 is 0. The van der Waals surface area contributed by atoms with E-state index in [0.29, 0.717) is 17.0 Å². The molecule has 8 nitrogen and oxygen atoms in total. The number of rotatable bonds is 7. The molecular formula is C18H23N7OS2. The topological polar surface area (TPSA) is 104 Å². The van der Waals surface area contributed by atoms with E-state index in [1.807, 2.05) is 25.2 Å². The van der Waals surface area contributed by atoms with E-state index in [9.17, 15) is 4.79 Å². The fourth-order valence-corrected chi connectivity index (χ4v) is 5.39. The lowest BCUT2D eigenvalue weighted by molar-refractivity contribution is -0.115. The van der Waals surface area contributed by atoms with Crippen molar-refractivity contribution in [2.24, 2.45) is 11.0 Å². The quantitative estimate of drug-likeness (QED) is 0.636. The highest BCUT2D eigenvalue weighted by Crippen LogP contribution is 2.42. The zero-order valence-corrected chi connectivity index (χ0v) is 17.2. The lowest BCUT2D eigenvalue weighted by Crippen LogP contribution is -2.30. The highest BCUT2D eigenvalue weighted by Gasteiger charge is 2.31. The monoisotopic (exact) mass is 417 g/mol. The first-order valence-corrected chi connectivity index (χ1v) is 11.1. The summed E-state index contributed by atoms with van der Waals surface area (Å²) in [6.07, 6.45) is 6.33. The van der Waals surface area contributed by atoms with Gasteiger partial charge in [0.05, 0.1) is 11.5 Å². The second kappa shape index (κ2) is 8.97. The summed E-state index contributed by atoms with van der Waals surface area (Å²) in [6, 6.07) is 5.55. The average molecular weight is 418 g/mol. The standard InChI is InChI=1S/C18H23N7OS2/c1-19-17-24-22-15(27-17)9-11-5-6-12(8-11)16-23-25-18(28-16)21-14(26)10-13-4-2-3-7-20-13/h2-4,7,11-12,17,19,24H,5-6,8-10H2,1H3,(H,21,25,26). The minimum atomic E-state index is -0.117. The molecule has 1 aliphatic carbocycles. The van der Waals surface area contributed by atoms with Crippen molar-refractivity contribution in [2.45, 2.75) is 43.5 Å². The van der Waals surface area contributed by atoms with E-state index in [1.54, 1.807) is 18.0 Å². The maximum absolute atomic E-state index is 12.2. The van der Waals surface area contributed by atoms with E-state index in [-0.39, 0.29) is 17.8 Å². The van der Waals surface area contributed by atoms with Crippen molar-refractivity contribution in [1.82, 2.24) is 25.9 Å². The molecule has 2 aliphatic rings. The molecule has 0 spiro atoms. The van der Waals surface area contributed by atoms with Gasteiger partial charge in [-0.15, -0.1) is 10.2 Å². The van der Waals surface area contributed by atoms with E-state index in [2.05, 4.69) is 36.3 Å². The number of carbonyl (C=O) groups excluding carboxylic acids is 1. The van der Waals surface area contributed by atoms with Crippen LogP contribution in [0, 0.1) is 5.92 Å². The van der Waals surface area contributed by atoms with Crippen molar-refractivity contribution in [3.63, 3.8) is 0 Å². The molecule has 0 aromatic carbocycles. The van der Waals surface area contributed by atoms with Gasteiger partial charge in [-0.1, -0.05) is 29.2 Å². The van der Waals surface area contributed by atoms with Crippen molar-refractivity contribution in [3.8, 4) is 0 Å². The van der Waals surface area contributed by atoms with Gasteiger partial charge < -0.3 is 5.32 Å². The van der Waals surface area contributed by atoms with Gasteiger partial charge in [0, 0.05) is 24.2 Å². The molecule has 3 atom stereocenters. The van der Waals surface area contributed by atoms with Gasteiger partial charge in [-0.25, -0.2) is 0 Å². The number of anilines is 1. The second-order valence-electron chi connectivity index (χ2n) is 6.99. The highest BCUT2D eigenvalue weighted by atomic mass is 32.2. The van der Waals surface area contributed by atoms with Gasteiger partial charge in [0.2, 0.25) is 11.0 Å². The van der Waals surface area contributed by atoms with E-state index in [1.165, 1.54) is 22.8 Å². The predicted octanol–water partition coefficient (Wildman–Crippen LogP) is 2.54. The van der Waals surface area contributed by atoms with E-state index in [4.69, 9.17) is 0 Å². The molecule has 1 saturated carbocycles. The predicted molar refractivity (Wildman–Crippen MR) is 112 cm³/mol. The Labute approximate surface area is 172 Å². The number of amides is 1. The first-order valence-electron chi connectivity index (χ1n) is 9.39. The van der Waals surface area contributed by atoms with Crippen LogP contribution in [-0.2, 0) is 11.2 Å². The maximum atomic E-state index is 12.2. The number of thioether (sulfide) groups is 1. The number of hydrogen-bond donors (Lipinski definition) is 3. The molecule has 0 bridgehead atoms. The molecule has 3 heterocycles.